The molecule has 172 valence electrons. The third-order valence-electron chi connectivity index (χ3n) is 6.13. The summed E-state index contributed by atoms with van der Waals surface area (Å²) in [6, 6.07) is 8.97. The number of halogens is 1. The molecular weight excluding hydrogens is 450 g/mol. The van der Waals surface area contributed by atoms with Crippen molar-refractivity contribution in [1.82, 2.24) is 5.32 Å². The number of ether oxygens (including phenoxy) is 1. The van der Waals surface area contributed by atoms with E-state index >= 15 is 0 Å². The molecule has 0 unspecified atom stereocenters. The topological polar surface area (TPSA) is 92.7 Å². The van der Waals surface area contributed by atoms with Crippen LogP contribution in [-0.2, 0) is 11.2 Å². The molecular formula is C24H28ClNO5S. The van der Waals surface area contributed by atoms with Crippen LogP contribution in [0.25, 0.3) is 0 Å². The number of rotatable bonds is 9. The molecule has 0 radical (unpaired) electrons. The van der Waals surface area contributed by atoms with Gasteiger partial charge in [0.05, 0.1) is 11.5 Å². The summed E-state index contributed by atoms with van der Waals surface area (Å²) in [7, 11) is 0. The van der Waals surface area contributed by atoms with Gasteiger partial charge in [0.1, 0.15) is 16.2 Å². The maximum absolute atomic E-state index is 13.0. The van der Waals surface area contributed by atoms with Gasteiger partial charge in [-0.25, -0.2) is 4.79 Å². The first-order valence-corrected chi connectivity index (χ1v) is 12.0. The number of nitrogens with one attached hydrogen (secondary N) is 1. The van der Waals surface area contributed by atoms with Crippen LogP contribution in [-0.4, -0.2) is 34.9 Å². The molecule has 0 atom stereocenters. The Labute approximate surface area is 196 Å². The van der Waals surface area contributed by atoms with Gasteiger partial charge < -0.3 is 15.2 Å². The summed E-state index contributed by atoms with van der Waals surface area (Å²) in [6.07, 6.45) is 3.89. The minimum Gasteiger partial charge on any atom is -0.492 e. The normalized spacial score (nSPS) is 20.5. The number of carboxylic acids is 1. The van der Waals surface area contributed by atoms with Gasteiger partial charge in [-0.05, 0) is 43.2 Å². The fraction of sp³-hybridized carbons (Fsp3) is 0.458. The number of thiophene rings is 1. The van der Waals surface area contributed by atoms with Crippen LogP contribution in [0.4, 0.5) is 0 Å². The fourth-order valence-corrected chi connectivity index (χ4v) is 5.18. The van der Waals surface area contributed by atoms with Crippen LogP contribution < -0.4 is 10.1 Å². The number of amides is 1. The highest BCUT2D eigenvalue weighted by Gasteiger charge is 2.43. The number of benzene rings is 1. The summed E-state index contributed by atoms with van der Waals surface area (Å²) < 4.78 is 5.81. The van der Waals surface area contributed by atoms with Crippen molar-refractivity contribution in [3.63, 3.8) is 0 Å². The number of hydrogen-bond acceptors (Lipinski definition) is 5. The molecule has 32 heavy (non-hydrogen) atoms. The molecule has 3 rings (SSSR count). The molecule has 1 saturated carbocycles. The second-order valence-electron chi connectivity index (χ2n) is 8.24. The van der Waals surface area contributed by atoms with E-state index in [9.17, 15) is 19.5 Å². The highest BCUT2D eigenvalue weighted by Crippen LogP contribution is 2.36. The quantitative estimate of drug-likeness (QED) is 0.473. The van der Waals surface area contributed by atoms with Crippen molar-refractivity contribution >= 4 is 40.6 Å². The smallest absolute Gasteiger partial charge is 0.329 e. The number of aliphatic carboxylic acids is 1. The van der Waals surface area contributed by atoms with E-state index in [1.54, 1.807) is 6.07 Å². The summed E-state index contributed by atoms with van der Waals surface area (Å²) in [5, 5.41) is 13.2. The van der Waals surface area contributed by atoms with E-state index in [-0.39, 0.29) is 10.7 Å². The zero-order valence-corrected chi connectivity index (χ0v) is 19.9. The van der Waals surface area contributed by atoms with Gasteiger partial charge in [-0.1, -0.05) is 43.1 Å². The predicted molar refractivity (Wildman–Crippen MR) is 125 cm³/mol. The molecule has 0 aliphatic heterocycles. The van der Waals surface area contributed by atoms with Gasteiger partial charge in [-0.2, -0.15) is 0 Å². The zero-order chi connectivity index (χ0) is 23.3. The molecule has 0 spiro atoms. The molecule has 6 nitrogen and oxygen atoms in total. The number of carboxylic acid groups (broad SMARTS) is 1. The molecule has 0 saturated heterocycles. The van der Waals surface area contributed by atoms with Crippen LogP contribution in [0.15, 0.2) is 30.3 Å². The van der Waals surface area contributed by atoms with E-state index in [1.165, 1.54) is 13.0 Å². The van der Waals surface area contributed by atoms with E-state index in [4.69, 9.17) is 16.3 Å². The number of hydrogen-bond donors (Lipinski definition) is 2. The minimum atomic E-state index is -1.27. The lowest BCUT2D eigenvalue weighted by Gasteiger charge is -2.37. The first kappa shape index (κ1) is 24.3. The lowest BCUT2D eigenvalue weighted by Crippen LogP contribution is -2.56. The third kappa shape index (κ3) is 5.51. The number of ketones is 1. The Bertz CT molecular complexity index is 994. The lowest BCUT2D eigenvalue weighted by atomic mass is 9.75. The summed E-state index contributed by atoms with van der Waals surface area (Å²) in [4.78, 5) is 37.7. The lowest BCUT2D eigenvalue weighted by molar-refractivity contribution is -0.146. The van der Waals surface area contributed by atoms with Crippen molar-refractivity contribution in [2.45, 2.75) is 57.9 Å². The molecule has 8 heteroatoms. The van der Waals surface area contributed by atoms with Crippen LogP contribution in [0, 0.1) is 5.92 Å². The van der Waals surface area contributed by atoms with Crippen molar-refractivity contribution < 1.29 is 24.2 Å². The van der Waals surface area contributed by atoms with Crippen LogP contribution in [0.2, 0.25) is 5.02 Å². The van der Waals surface area contributed by atoms with E-state index < -0.39 is 17.4 Å². The average molecular weight is 478 g/mol. The van der Waals surface area contributed by atoms with Crippen molar-refractivity contribution in [3.05, 3.63) is 50.7 Å². The summed E-state index contributed by atoms with van der Waals surface area (Å²) >= 11 is 7.20. The highest BCUT2D eigenvalue weighted by molar-refractivity contribution is 7.16. The molecule has 1 aliphatic carbocycles. The van der Waals surface area contributed by atoms with Crippen molar-refractivity contribution in [1.29, 1.82) is 0 Å². The van der Waals surface area contributed by atoms with Crippen molar-refractivity contribution in [3.8, 4) is 5.75 Å². The van der Waals surface area contributed by atoms with E-state index in [2.05, 4.69) is 12.2 Å². The van der Waals surface area contributed by atoms with Gasteiger partial charge >= 0.3 is 5.97 Å². The molecule has 2 N–H and O–H groups in total. The van der Waals surface area contributed by atoms with Gasteiger partial charge in [0.2, 0.25) is 0 Å². The highest BCUT2D eigenvalue weighted by atomic mass is 35.5. The molecule has 1 aromatic heterocycles. The van der Waals surface area contributed by atoms with E-state index in [0.717, 1.165) is 36.2 Å². The number of carbonyl (C=O) groups excluding carboxylic acids is 2. The van der Waals surface area contributed by atoms with Crippen LogP contribution in [0.5, 0.6) is 5.75 Å². The summed E-state index contributed by atoms with van der Waals surface area (Å²) in [5.74, 6) is -0.892. The Morgan fingerprint density at radius 2 is 1.94 bits per heavy atom. The predicted octanol–water partition coefficient (Wildman–Crippen LogP) is 5.38. The SMILES string of the molecule is CCC1CCC(NC(=O)c2cc(OCCc3ccccc3Cl)c(C(C)=O)s2)(C(=O)O)CC1. The van der Waals surface area contributed by atoms with Gasteiger partial charge in [-0.15, -0.1) is 11.3 Å². The molecule has 1 fully saturated rings. The maximum Gasteiger partial charge on any atom is 0.329 e. The summed E-state index contributed by atoms with van der Waals surface area (Å²) in [5.41, 5.74) is -0.341. The Morgan fingerprint density at radius 3 is 2.53 bits per heavy atom. The molecule has 1 amide bonds. The fourth-order valence-electron chi connectivity index (χ4n) is 4.06. The number of Topliss-reactive ketones (excluding diaryl/α,β-unsaturated/α-hetero) is 1. The molecule has 2 aromatic rings. The molecule has 1 aromatic carbocycles. The second-order valence-corrected chi connectivity index (χ2v) is 9.70. The molecule has 1 heterocycles. The Kier molecular flexibility index (Phi) is 7.96. The average Bonchev–Trinajstić information content (AvgIpc) is 3.20. The first-order chi connectivity index (χ1) is 15.3. The van der Waals surface area contributed by atoms with E-state index in [0.29, 0.717) is 47.4 Å². The molecule has 1 aliphatic rings. The van der Waals surface area contributed by atoms with E-state index in [1.807, 2.05) is 18.2 Å². The zero-order valence-electron chi connectivity index (χ0n) is 18.3. The van der Waals surface area contributed by atoms with Gasteiger partial charge in [0.25, 0.3) is 5.91 Å². The van der Waals surface area contributed by atoms with Crippen molar-refractivity contribution in [2.75, 3.05) is 6.61 Å². The molecule has 0 bridgehead atoms. The Hall–Kier alpha value is -2.38. The third-order valence-corrected chi connectivity index (χ3v) is 7.71. The van der Waals surface area contributed by atoms with Crippen LogP contribution >= 0.6 is 22.9 Å². The van der Waals surface area contributed by atoms with Crippen molar-refractivity contribution in [2.24, 2.45) is 5.92 Å². The standard InChI is InChI=1S/C24H28ClNO5S/c1-3-16-8-11-24(12-9-16,23(29)30)26-22(28)20-14-19(21(32-20)15(2)27)31-13-10-17-6-4-5-7-18(17)25/h4-7,14,16H,3,8-13H2,1-2H3,(H,26,28)(H,29,30). The van der Waals surface area contributed by atoms with Gasteiger partial charge in [0.15, 0.2) is 5.78 Å². The monoisotopic (exact) mass is 477 g/mol. The van der Waals surface area contributed by atoms with Gasteiger partial charge in [-0.3, -0.25) is 9.59 Å². The second kappa shape index (κ2) is 10.5. The van der Waals surface area contributed by atoms with Crippen LogP contribution in [0.1, 0.15) is 70.9 Å². The Balaban J connectivity index is 1.72. The van der Waals surface area contributed by atoms with Crippen LogP contribution in [0.3, 0.4) is 0 Å². The Morgan fingerprint density at radius 1 is 1.25 bits per heavy atom. The minimum absolute atomic E-state index is 0.210. The summed E-state index contributed by atoms with van der Waals surface area (Å²) in [6.45, 7) is 3.80. The number of carbonyl (C=O) groups is 3. The first-order valence-electron chi connectivity index (χ1n) is 10.8. The largest absolute Gasteiger partial charge is 0.492 e. The maximum atomic E-state index is 13.0. The van der Waals surface area contributed by atoms with Gasteiger partial charge in [0, 0.05) is 24.4 Å².